The van der Waals surface area contributed by atoms with E-state index < -0.39 is 41.7 Å². The van der Waals surface area contributed by atoms with Crippen molar-refractivity contribution in [3.8, 4) is 11.5 Å². The molecule has 0 radical (unpaired) electrons. The van der Waals surface area contributed by atoms with Crippen LogP contribution in [0.5, 0.6) is 11.5 Å². The molecule has 3 heterocycles. The number of nitrogens with one attached hydrogen (secondary N) is 2. The zero-order valence-corrected chi connectivity index (χ0v) is 22.1. The quantitative estimate of drug-likeness (QED) is 0.271. The lowest BCUT2D eigenvalue weighted by molar-refractivity contribution is -0.306. The smallest absolute Gasteiger partial charge is 0.360 e. The Morgan fingerprint density at radius 2 is 1.82 bits per heavy atom. The lowest BCUT2D eigenvalue weighted by Gasteiger charge is -2.46. The summed E-state index contributed by atoms with van der Waals surface area (Å²) in [6.45, 7) is 5.09. The molecule has 1 amide bonds. The molecule has 0 bridgehead atoms. The van der Waals surface area contributed by atoms with E-state index >= 15 is 0 Å². The number of ether oxygens (including phenoxy) is 4. The Morgan fingerprint density at radius 3 is 2.51 bits per heavy atom. The van der Waals surface area contributed by atoms with Crippen LogP contribution in [0.15, 0.2) is 51.7 Å². The number of aryl methyl sites for hydroxylation is 1. The largest absolute Gasteiger partial charge is 0.496 e. The number of carbonyl (C=O) groups is 1. The number of para-hydroxylation sites is 1. The van der Waals surface area contributed by atoms with Crippen molar-refractivity contribution < 1.29 is 38.4 Å². The molecule has 0 saturated carbocycles. The fourth-order valence-corrected chi connectivity index (χ4v) is 4.94. The SMILES string of the molecule is COc1cc(O[C@@H]2OC(C)(C)[C@H](OC)[C@@H](O)[C@@H]2O)c(C)c2oc(=O)c(NC(=O)c3cc4ccccc4[nH]3)cc12. The number of hydrogen-bond donors (Lipinski definition) is 4. The number of carbonyl (C=O) groups excluding carboxylic acids is 1. The summed E-state index contributed by atoms with van der Waals surface area (Å²) in [4.78, 5) is 28.8. The number of hydrogen-bond acceptors (Lipinski definition) is 9. The molecular weight excluding hydrogens is 508 g/mol. The molecule has 11 heteroatoms. The Morgan fingerprint density at radius 1 is 1.08 bits per heavy atom. The summed E-state index contributed by atoms with van der Waals surface area (Å²) in [5, 5.41) is 25.1. The van der Waals surface area contributed by atoms with Crippen LogP contribution in [0.4, 0.5) is 5.69 Å². The first kappa shape index (κ1) is 26.7. The van der Waals surface area contributed by atoms with Gasteiger partial charge in [-0.3, -0.25) is 4.79 Å². The maximum absolute atomic E-state index is 12.9. The summed E-state index contributed by atoms with van der Waals surface area (Å²) in [5.41, 5.74) is -0.154. The van der Waals surface area contributed by atoms with Gasteiger partial charge in [0.05, 0.1) is 18.1 Å². The molecule has 2 aromatic heterocycles. The number of H-pyrrole nitrogens is 1. The summed E-state index contributed by atoms with van der Waals surface area (Å²) in [5.74, 6) is -0.0110. The van der Waals surface area contributed by atoms with Crippen molar-refractivity contribution in [3.05, 3.63) is 64.1 Å². The number of aliphatic hydroxyl groups is 2. The third-order valence-electron chi connectivity index (χ3n) is 6.97. The number of aromatic nitrogens is 1. The summed E-state index contributed by atoms with van der Waals surface area (Å²) in [6, 6.07) is 12.1. The number of aromatic amines is 1. The Bertz CT molecular complexity index is 1570. The number of aliphatic hydroxyl groups excluding tert-OH is 2. The standard InChI is InChI=1S/C28H30N2O9/c1-13-19(37-27-22(32)21(31)24(36-5)28(2,3)39-27)12-20(35-4)15-11-18(26(34)38-23(13)15)30-25(33)17-10-14-8-6-7-9-16(14)29-17/h6-12,21-22,24,27,29,31-32H,1-5H3,(H,30,33)/t21-,22-,24+,27+/m0/s1. The van der Waals surface area contributed by atoms with Crippen LogP contribution in [-0.4, -0.2) is 65.5 Å². The van der Waals surface area contributed by atoms with Gasteiger partial charge < -0.3 is 43.9 Å². The molecule has 1 saturated heterocycles. The van der Waals surface area contributed by atoms with Gasteiger partial charge in [-0.15, -0.1) is 0 Å². The van der Waals surface area contributed by atoms with E-state index in [2.05, 4.69) is 10.3 Å². The van der Waals surface area contributed by atoms with Gasteiger partial charge in [0.15, 0.2) is 0 Å². The van der Waals surface area contributed by atoms with Gasteiger partial charge in [0, 0.05) is 29.6 Å². The van der Waals surface area contributed by atoms with Crippen LogP contribution in [0, 0.1) is 6.92 Å². The van der Waals surface area contributed by atoms with Crippen molar-refractivity contribution in [2.24, 2.45) is 0 Å². The molecule has 0 spiro atoms. The highest BCUT2D eigenvalue weighted by atomic mass is 16.7. The van der Waals surface area contributed by atoms with Gasteiger partial charge in [-0.05, 0) is 39.0 Å². The van der Waals surface area contributed by atoms with E-state index in [9.17, 15) is 19.8 Å². The van der Waals surface area contributed by atoms with Crippen molar-refractivity contribution in [1.29, 1.82) is 0 Å². The highest BCUT2D eigenvalue weighted by Crippen LogP contribution is 2.39. The molecule has 2 aromatic carbocycles. The van der Waals surface area contributed by atoms with E-state index in [1.807, 2.05) is 24.3 Å². The minimum Gasteiger partial charge on any atom is -0.496 e. The van der Waals surface area contributed by atoms with E-state index in [1.54, 1.807) is 32.9 Å². The molecule has 4 atom stereocenters. The van der Waals surface area contributed by atoms with Gasteiger partial charge in [-0.1, -0.05) is 18.2 Å². The zero-order valence-electron chi connectivity index (χ0n) is 22.1. The van der Waals surface area contributed by atoms with Crippen LogP contribution in [0.2, 0.25) is 0 Å². The average Bonchev–Trinajstić information content (AvgIpc) is 3.34. The summed E-state index contributed by atoms with van der Waals surface area (Å²) >= 11 is 0. The van der Waals surface area contributed by atoms with Crippen LogP contribution < -0.4 is 20.4 Å². The second-order valence-corrected chi connectivity index (χ2v) is 9.96. The van der Waals surface area contributed by atoms with Crippen molar-refractivity contribution >= 4 is 33.5 Å². The maximum Gasteiger partial charge on any atom is 0.360 e. The molecule has 1 aliphatic rings. The van der Waals surface area contributed by atoms with Gasteiger partial charge in [0.25, 0.3) is 5.91 Å². The summed E-state index contributed by atoms with van der Waals surface area (Å²) < 4.78 is 28.3. The van der Waals surface area contributed by atoms with E-state index in [0.717, 1.165) is 10.9 Å². The minimum absolute atomic E-state index is 0.0703. The normalized spacial score (nSPS) is 22.6. The van der Waals surface area contributed by atoms with Crippen molar-refractivity contribution in [3.63, 3.8) is 0 Å². The van der Waals surface area contributed by atoms with Crippen molar-refractivity contribution in [1.82, 2.24) is 4.98 Å². The summed E-state index contributed by atoms with van der Waals surface area (Å²) in [7, 11) is 2.86. The molecule has 206 valence electrons. The number of benzene rings is 2. The number of anilines is 1. The molecule has 1 aliphatic heterocycles. The molecule has 0 aliphatic carbocycles. The predicted octanol–water partition coefficient (Wildman–Crippen LogP) is 3.09. The van der Waals surface area contributed by atoms with Gasteiger partial charge in [-0.25, -0.2) is 4.79 Å². The second-order valence-electron chi connectivity index (χ2n) is 9.96. The number of rotatable bonds is 6. The van der Waals surface area contributed by atoms with E-state index in [4.69, 9.17) is 23.4 Å². The topological polar surface area (TPSA) is 152 Å². The molecule has 4 aromatic rings. The van der Waals surface area contributed by atoms with Crippen molar-refractivity contribution in [2.75, 3.05) is 19.5 Å². The fraction of sp³-hybridized carbons (Fsp3) is 0.357. The van der Waals surface area contributed by atoms with Crippen LogP contribution in [0.3, 0.4) is 0 Å². The molecule has 5 rings (SSSR count). The van der Waals surface area contributed by atoms with E-state index in [0.29, 0.717) is 10.9 Å². The molecule has 11 nitrogen and oxygen atoms in total. The Balaban J connectivity index is 1.47. The predicted molar refractivity (Wildman–Crippen MR) is 142 cm³/mol. The van der Waals surface area contributed by atoms with Crippen molar-refractivity contribution in [2.45, 2.75) is 51.0 Å². The van der Waals surface area contributed by atoms with E-state index in [-0.39, 0.29) is 28.5 Å². The van der Waals surface area contributed by atoms with Gasteiger partial charge in [0.1, 0.15) is 46.8 Å². The van der Waals surface area contributed by atoms with Crippen LogP contribution in [-0.2, 0) is 9.47 Å². The van der Waals surface area contributed by atoms with Crippen LogP contribution >= 0.6 is 0 Å². The Kier molecular flexibility index (Phi) is 6.85. The summed E-state index contributed by atoms with van der Waals surface area (Å²) in [6.07, 6.45) is -4.72. The molecule has 39 heavy (non-hydrogen) atoms. The number of amides is 1. The first-order valence-corrected chi connectivity index (χ1v) is 12.3. The monoisotopic (exact) mass is 538 g/mol. The maximum atomic E-state index is 12.9. The fourth-order valence-electron chi connectivity index (χ4n) is 4.94. The Hall–Kier alpha value is -3.90. The third kappa shape index (κ3) is 4.74. The molecule has 1 fully saturated rings. The number of methoxy groups -OCH3 is 2. The molecule has 4 N–H and O–H groups in total. The van der Waals surface area contributed by atoms with Gasteiger partial charge in [-0.2, -0.15) is 0 Å². The molecular formula is C28H30N2O9. The van der Waals surface area contributed by atoms with Gasteiger partial charge in [0.2, 0.25) is 6.29 Å². The first-order chi connectivity index (χ1) is 18.5. The highest BCUT2D eigenvalue weighted by molar-refractivity contribution is 6.06. The first-order valence-electron chi connectivity index (χ1n) is 12.3. The minimum atomic E-state index is -1.42. The van der Waals surface area contributed by atoms with Crippen LogP contribution in [0.1, 0.15) is 29.9 Å². The van der Waals surface area contributed by atoms with Crippen LogP contribution in [0.25, 0.3) is 21.9 Å². The molecule has 0 unspecified atom stereocenters. The average molecular weight is 539 g/mol. The second kappa shape index (κ2) is 10.0. The lowest BCUT2D eigenvalue weighted by atomic mass is 9.89. The lowest BCUT2D eigenvalue weighted by Crippen LogP contribution is -2.63. The highest BCUT2D eigenvalue weighted by Gasteiger charge is 2.50. The zero-order chi connectivity index (χ0) is 28.1. The van der Waals surface area contributed by atoms with E-state index in [1.165, 1.54) is 20.3 Å². The number of fused-ring (bicyclic) bond motifs is 2. The Labute approximate surface area is 223 Å². The third-order valence-corrected chi connectivity index (χ3v) is 6.97. The van der Waals surface area contributed by atoms with Gasteiger partial charge >= 0.3 is 5.63 Å².